The number of nitrogens with zero attached hydrogens (tertiary/aromatic N) is 3. The van der Waals surface area contributed by atoms with Crippen molar-refractivity contribution in [1.29, 1.82) is 0 Å². The Balaban J connectivity index is 1.70. The maximum absolute atomic E-state index is 10.5. The molecule has 1 N–H and O–H groups in total. The summed E-state index contributed by atoms with van der Waals surface area (Å²) in [6.45, 7) is 8.26. The molecule has 1 aliphatic carbocycles. The van der Waals surface area contributed by atoms with Crippen molar-refractivity contribution in [3.05, 3.63) is 52.5 Å². The monoisotopic (exact) mass is 485 g/mol. The summed E-state index contributed by atoms with van der Waals surface area (Å²) in [5.41, 5.74) is 9.12. The van der Waals surface area contributed by atoms with Gasteiger partial charge in [-0.1, -0.05) is 5.16 Å². The Morgan fingerprint density at radius 2 is 1.64 bits per heavy atom. The Labute approximate surface area is 210 Å². The van der Waals surface area contributed by atoms with Gasteiger partial charge < -0.3 is 23.7 Å². The lowest BCUT2D eigenvalue weighted by molar-refractivity contribution is 0.354. The number of phenolic OH excluding ortho intramolecular Hbond substituents is 1. The third kappa shape index (κ3) is 3.33. The molecule has 2 aromatic carbocycles. The molecule has 1 saturated carbocycles. The van der Waals surface area contributed by atoms with Crippen LogP contribution in [0.15, 0.2) is 28.8 Å². The number of rotatable bonds is 5. The second-order valence-corrected chi connectivity index (χ2v) is 10.2. The molecular formula is C29H31N3O4. The molecular weight excluding hydrogens is 454 g/mol. The van der Waals surface area contributed by atoms with Gasteiger partial charge in [0.05, 0.1) is 25.5 Å². The van der Waals surface area contributed by atoms with Crippen molar-refractivity contribution >= 4 is 0 Å². The zero-order chi connectivity index (χ0) is 25.3. The van der Waals surface area contributed by atoms with Crippen molar-refractivity contribution in [2.45, 2.75) is 58.9 Å². The summed E-state index contributed by atoms with van der Waals surface area (Å²) in [6.07, 6.45) is 3.07. The van der Waals surface area contributed by atoms with Crippen molar-refractivity contribution in [1.82, 2.24) is 14.7 Å². The topological polar surface area (TPSA) is 82.5 Å². The number of aromatic hydroxyl groups is 1. The highest BCUT2D eigenvalue weighted by Gasteiger charge is 2.36. The maximum atomic E-state index is 10.5. The van der Waals surface area contributed by atoms with E-state index in [1.165, 1.54) is 5.56 Å². The van der Waals surface area contributed by atoms with E-state index in [0.29, 0.717) is 23.3 Å². The average Bonchev–Trinajstić information content (AvgIpc) is 3.51. The Morgan fingerprint density at radius 3 is 2.28 bits per heavy atom. The highest BCUT2D eigenvalue weighted by molar-refractivity contribution is 5.95. The summed E-state index contributed by atoms with van der Waals surface area (Å²) in [6, 6.07) is 8.43. The van der Waals surface area contributed by atoms with Crippen LogP contribution in [0.4, 0.5) is 0 Å². The first kappa shape index (κ1) is 22.7. The summed E-state index contributed by atoms with van der Waals surface area (Å²) >= 11 is 0. The molecule has 1 aliphatic heterocycles. The molecule has 0 radical (unpaired) electrons. The molecule has 0 amide bonds. The molecule has 0 bridgehead atoms. The van der Waals surface area contributed by atoms with E-state index < -0.39 is 0 Å². The van der Waals surface area contributed by atoms with E-state index in [1.54, 1.807) is 14.2 Å². The average molecular weight is 486 g/mol. The van der Waals surface area contributed by atoms with Crippen LogP contribution in [-0.4, -0.2) is 34.0 Å². The fraction of sp³-hybridized carbons (Fsp3) is 0.379. The van der Waals surface area contributed by atoms with Gasteiger partial charge in [-0.15, -0.1) is 0 Å². The minimum atomic E-state index is 0.211. The van der Waals surface area contributed by atoms with Crippen LogP contribution in [0, 0.1) is 20.8 Å². The lowest BCUT2D eigenvalue weighted by Gasteiger charge is -2.28. The largest absolute Gasteiger partial charge is 0.507 e. The fourth-order valence-corrected chi connectivity index (χ4v) is 5.75. The van der Waals surface area contributed by atoms with Gasteiger partial charge in [-0.2, -0.15) is 4.98 Å². The first-order valence-electron chi connectivity index (χ1n) is 12.5. The molecule has 1 unspecified atom stereocenters. The minimum Gasteiger partial charge on any atom is -0.507 e. The van der Waals surface area contributed by atoms with E-state index in [0.717, 1.165) is 75.6 Å². The van der Waals surface area contributed by atoms with Crippen LogP contribution in [0.5, 0.6) is 17.2 Å². The number of hydrogen-bond acceptors (Lipinski definition) is 6. The Kier molecular flexibility index (Phi) is 5.14. The summed E-state index contributed by atoms with van der Waals surface area (Å²) in [7, 11) is 3.33. The highest BCUT2D eigenvalue weighted by Crippen LogP contribution is 2.52. The number of benzene rings is 2. The van der Waals surface area contributed by atoms with Crippen LogP contribution in [0.3, 0.4) is 0 Å². The zero-order valence-electron chi connectivity index (χ0n) is 21.6. The molecule has 36 heavy (non-hydrogen) atoms. The number of ether oxygens (including phenoxy) is 2. The maximum Gasteiger partial charge on any atom is 0.260 e. The molecule has 7 heteroatoms. The molecule has 1 fully saturated rings. The number of methoxy groups -OCH3 is 2. The molecule has 0 spiro atoms. The lowest BCUT2D eigenvalue weighted by atomic mass is 9.90. The van der Waals surface area contributed by atoms with Crippen LogP contribution in [0.25, 0.3) is 33.8 Å². The van der Waals surface area contributed by atoms with Gasteiger partial charge >= 0.3 is 0 Å². The molecule has 2 aliphatic rings. The Morgan fingerprint density at radius 1 is 0.972 bits per heavy atom. The fourth-order valence-electron chi connectivity index (χ4n) is 5.75. The van der Waals surface area contributed by atoms with Crippen molar-refractivity contribution < 1.29 is 19.1 Å². The number of phenols is 1. The Hall–Kier alpha value is -3.74. The third-order valence-corrected chi connectivity index (χ3v) is 7.65. The van der Waals surface area contributed by atoms with Crippen LogP contribution in [-0.2, 0) is 6.42 Å². The first-order chi connectivity index (χ1) is 17.3. The molecule has 6 rings (SSSR count). The number of fused-ring (bicyclic) bond motifs is 3. The van der Waals surface area contributed by atoms with Crippen molar-refractivity contribution in [3.63, 3.8) is 0 Å². The normalized spacial score (nSPS) is 16.6. The van der Waals surface area contributed by atoms with Crippen LogP contribution < -0.4 is 9.47 Å². The first-order valence-corrected chi connectivity index (χ1v) is 12.5. The van der Waals surface area contributed by atoms with Gasteiger partial charge in [0, 0.05) is 28.8 Å². The molecule has 3 heterocycles. The predicted molar refractivity (Wildman–Crippen MR) is 138 cm³/mol. The summed E-state index contributed by atoms with van der Waals surface area (Å²) in [5, 5.41) is 14.8. The number of aryl methyl sites for hydroxylation is 2. The molecule has 4 aromatic rings. The number of aromatic nitrogens is 3. The van der Waals surface area contributed by atoms with Crippen LogP contribution in [0.2, 0.25) is 0 Å². The van der Waals surface area contributed by atoms with Crippen molar-refractivity contribution in [2.75, 3.05) is 14.2 Å². The van der Waals surface area contributed by atoms with E-state index >= 15 is 0 Å². The van der Waals surface area contributed by atoms with Gasteiger partial charge in [-0.05, 0) is 93.5 Å². The van der Waals surface area contributed by atoms with E-state index in [1.807, 2.05) is 26.0 Å². The summed E-state index contributed by atoms with van der Waals surface area (Å²) in [4.78, 5) is 4.89. The van der Waals surface area contributed by atoms with Gasteiger partial charge in [0.15, 0.2) is 17.3 Å². The van der Waals surface area contributed by atoms with Crippen molar-refractivity contribution in [2.24, 2.45) is 0 Å². The second kappa shape index (κ2) is 8.15. The van der Waals surface area contributed by atoms with Gasteiger partial charge in [0.2, 0.25) is 0 Å². The minimum absolute atomic E-state index is 0.211. The highest BCUT2D eigenvalue weighted by atomic mass is 16.5. The van der Waals surface area contributed by atoms with E-state index in [4.69, 9.17) is 19.0 Å². The van der Waals surface area contributed by atoms with E-state index in [-0.39, 0.29) is 6.04 Å². The van der Waals surface area contributed by atoms with E-state index in [2.05, 4.69) is 35.7 Å². The molecule has 0 saturated heterocycles. The molecule has 2 aromatic heterocycles. The molecule has 7 nitrogen and oxygen atoms in total. The van der Waals surface area contributed by atoms with Gasteiger partial charge in [-0.25, -0.2) is 0 Å². The SMILES string of the molecule is COc1cc2c(cc1OC)-c1c(-c3nc(C4CC4)no3)c(-c3cc(C)c(O)c(C)c3)c(C)n1C(C)C2. The number of hydrogen-bond donors (Lipinski definition) is 1. The molecule has 1 atom stereocenters. The predicted octanol–water partition coefficient (Wildman–Crippen LogP) is 6.51. The summed E-state index contributed by atoms with van der Waals surface area (Å²) in [5.74, 6) is 3.43. The van der Waals surface area contributed by atoms with Crippen LogP contribution >= 0.6 is 0 Å². The second-order valence-electron chi connectivity index (χ2n) is 10.2. The lowest BCUT2D eigenvalue weighted by Crippen LogP contribution is -2.17. The van der Waals surface area contributed by atoms with Gasteiger partial charge in [0.1, 0.15) is 5.75 Å². The standard InChI is InChI=1S/C29H31N3O4/c1-14-9-20(10-15(2)27(14)33)24-17(4)32-16(3)11-19-12-22(34-5)23(35-6)13-21(19)26(32)25(24)29-30-28(31-36-29)18-7-8-18/h9-10,12-13,16,18,33H,7-8,11H2,1-6H3. The van der Waals surface area contributed by atoms with Crippen molar-refractivity contribution in [3.8, 4) is 51.1 Å². The quantitative estimate of drug-likeness (QED) is 0.347. The van der Waals surface area contributed by atoms with Crippen LogP contribution in [0.1, 0.15) is 59.9 Å². The smallest absolute Gasteiger partial charge is 0.260 e. The Bertz CT molecular complexity index is 1490. The zero-order valence-corrected chi connectivity index (χ0v) is 21.6. The van der Waals surface area contributed by atoms with Gasteiger partial charge in [0.25, 0.3) is 5.89 Å². The molecule has 186 valence electrons. The summed E-state index contributed by atoms with van der Waals surface area (Å²) < 4.78 is 19.6. The van der Waals surface area contributed by atoms with E-state index in [9.17, 15) is 5.11 Å². The third-order valence-electron chi connectivity index (χ3n) is 7.65. The van der Waals surface area contributed by atoms with Gasteiger partial charge in [-0.3, -0.25) is 0 Å².